The summed E-state index contributed by atoms with van der Waals surface area (Å²) < 4.78 is 10.8. The van der Waals surface area contributed by atoms with E-state index in [2.05, 4.69) is 182 Å². The predicted molar refractivity (Wildman–Crippen MR) is 281 cm³/mol. The van der Waals surface area contributed by atoms with Crippen molar-refractivity contribution in [2.24, 2.45) is 0 Å². The number of fused-ring (bicyclic) bond motifs is 12. The first kappa shape index (κ1) is 35.6. The molecule has 14 aromatic rings. The molecule has 0 nitrogen and oxygen atoms in total. The van der Waals surface area contributed by atoms with E-state index in [1.54, 1.807) is 0 Å². The van der Waals surface area contributed by atoms with Crippen molar-refractivity contribution in [3.8, 4) is 52.9 Å². The lowest BCUT2D eigenvalue weighted by atomic mass is 10.0. The summed E-state index contributed by atoms with van der Waals surface area (Å²) in [6.45, 7) is 0. The zero-order valence-corrected chi connectivity index (χ0v) is 37.7. The fourth-order valence-electron chi connectivity index (χ4n) is 9.27. The van der Waals surface area contributed by atoms with Gasteiger partial charge >= 0.3 is 0 Å². The molecule has 0 atom stereocenters. The van der Waals surface area contributed by atoms with E-state index in [1.165, 1.54) is 134 Å². The highest BCUT2D eigenvalue weighted by atomic mass is 32.1. The molecule has 0 saturated carbocycles. The molecule has 62 heavy (non-hydrogen) atoms. The van der Waals surface area contributed by atoms with Crippen LogP contribution >= 0.6 is 68.0 Å². The summed E-state index contributed by atoms with van der Waals surface area (Å²) in [5, 5.41) is 10.8. The van der Waals surface area contributed by atoms with Crippen molar-refractivity contribution in [3.05, 3.63) is 182 Å². The van der Waals surface area contributed by atoms with Crippen LogP contribution in [0.5, 0.6) is 0 Å². The largest absolute Gasteiger partial charge is 0.135 e. The zero-order valence-electron chi connectivity index (χ0n) is 32.8. The Morgan fingerprint density at radius 3 is 0.855 bits per heavy atom. The smallest absolute Gasteiger partial charge is 0.0449 e. The van der Waals surface area contributed by atoms with E-state index in [1.807, 2.05) is 68.0 Å². The van der Waals surface area contributed by atoms with Gasteiger partial charge in [0.05, 0.1) is 0 Å². The van der Waals surface area contributed by atoms with Crippen molar-refractivity contribution in [1.82, 2.24) is 0 Å². The van der Waals surface area contributed by atoms with E-state index in [0.717, 1.165) is 0 Å². The van der Waals surface area contributed by atoms with Gasteiger partial charge in [-0.15, -0.1) is 68.0 Å². The fourth-order valence-corrected chi connectivity index (χ4v) is 15.9. The molecular weight excluding hydrogens is 865 g/mol. The first-order chi connectivity index (χ1) is 30.6. The Labute approximate surface area is 380 Å². The maximum Gasteiger partial charge on any atom is 0.0449 e. The van der Waals surface area contributed by atoms with E-state index in [4.69, 9.17) is 0 Å². The molecule has 8 aromatic carbocycles. The van der Waals surface area contributed by atoms with Gasteiger partial charge in [-0.1, -0.05) is 84.9 Å². The number of thiophene rings is 6. The fraction of sp³-hybridized carbons (Fsp3) is 0. The van der Waals surface area contributed by atoms with Crippen LogP contribution in [-0.2, 0) is 0 Å². The number of hydrogen-bond acceptors (Lipinski definition) is 6. The second kappa shape index (κ2) is 13.8. The quantitative estimate of drug-likeness (QED) is 0.161. The van der Waals surface area contributed by atoms with Crippen LogP contribution in [0.25, 0.3) is 134 Å². The van der Waals surface area contributed by atoms with Crippen LogP contribution in [0.2, 0.25) is 0 Å². The molecule has 14 rings (SSSR count). The van der Waals surface area contributed by atoms with Gasteiger partial charge in [-0.05, 0) is 130 Å². The molecule has 0 bridgehead atoms. The Hall–Kier alpha value is -5.96. The molecule has 0 N–H and O–H groups in total. The Bertz CT molecular complexity index is 3820. The third kappa shape index (κ3) is 5.65. The van der Waals surface area contributed by atoms with Crippen LogP contribution in [0.3, 0.4) is 0 Å². The van der Waals surface area contributed by atoms with Gasteiger partial charge < -0.3 is 0 Å². The van der Waals surface area contributed by atoms with Crippen LogP contribution < -0.4 is 0 Å². The zero-order chi connectivity index (χ0) is 40.5. The minimum absolute atomic E-state index is 1.26. The minimum atomic E-state index is 1.26. The highest BCUT2D eigenvalue weighted by Gasteiger charge is 2.17. The molecule has 0 aliphatic heterocycles. The number of rotatable bonds is 5. The molecule has 0 unspecified atom stereocenters. The van der Waals surface area contributed by atoms with Crippen molar-refractivity contribution in [3.63, 3.8) is 0 Å². The minimum Gasteiger partial charge on any atom is -0.135 e. The Balaban J connectivity index is 0.796. The first-order valence-corrected chi connectivity index (χ1v) is 25.5. The number of benzene rings is 8. The molecule has 6 heteroatoms. The topological polar surface area (TPSA) is 0 Å². The maximum atomic E-state index is 2.45. The Morgan fingerprint density at radius 2 is 0.484 bits per heavy atom. The van der Waals surface area contributed by atoms with Crippen LogP contribution in [0.15, 0.2) is 182 Å². The second-order valence-electron chi connectivity index (χ2n) is 16.0. The Morgan fingerprint density at radius 1 is 0.177 bits per heavy atom. The SMILES string of the molecule is c1ccc(-c2ccc3sc4cc5sc6ccc(-c7ccc(-c8ccc(-c9ccc%10sc%11cc%12sc%13ccc(-c%14ccccc%14)cc%13c%12cc%11c%10c9)s8)s7)cc6c5cc4c3c2)cc1. The van der Waals surface area contributed by atoms with Gasteiger partial charge in [-0.2, -0.15) is 0 Å². The molecule has 0 aliphatic rings. The lowest BCUT2D eigenvalue weighted by Gasteiger charge is -2.02. The van der Waals surface area contributed by atoms with Crippen molar-refractivity contribution < 1.29 is 0 Å². The van der Waals surface area contributed by atoms with Gasteiger partial charge in [0, 0.05) is 100 Å². The molecule has 0 amide bonds. The van der Waals surface area contributed by atoms with Gasteiger partial charge in [0.15, 0.2) is 0 Å². The van der Waals surface area contributed by atoms with Gasteiger partial charge in [0.25, 0.3) is 0 Å². The summed E-state index contributed by atoms with van der Waals surface area (Å²) in [6.07, 6.45) is 0. The summed E-state index contributed by atoms with van der Waals surface area (Å²) in [5.74, 6) is 0. The van der Waals surface area contributed by atoms with Crippen LogP contribution in [-0.4, -0.2) is 0 Å². The van der Waals surface area contributed by atoms with Crippen LogP contribution in [0, 0.1) is 0 Å². The van der Waals surface area contributed by atoms with Crippen molar-refractivity contribution >= 4 is 149 Å². The van der Waals surface area contributed by atoms with E-state index >= 15 is 0 Å². The van der Waals surface area contributed by atoms with E-state index in [9.17, 15) is 0 Å². The lowest BCUT2D eigenvalue weighted by Crippen LogP contribution is -1.76. The van der Waals surface area contributed by atoms with Gasteiger partial charge in [-0.3, -0.25) is 0 Å². The summed E-state index contributed by atoms with van der Waals surface area (Å²) in [4.78, 5) is 5.24. The molecule has 0 radical (unpaired) electrons. The molecule has 0 aliphatic carbocycles. The van der Waals surface area contributed by atoms with Crippen molar-refractivity contribution in [2.45, 2.75) is 0 Å². The summed E-state index contributed by atoms with van der Waals surface area (Å²) in [6, 6.07) is 68.5. The highest BCUT2D eigenvalue weighted by molar-refractivity contribution is 7.29. The summed E-state index contributed by atoms with van der Waals surface area (Å²) in [7, 11) is 0. The van der Waals surface area contributed by atoms with Gasteiger partial charge in [-0.25, -0.2) is 0 Å². The monoisotopic (exact) mass is 894 g/mol. The van der Waals surface area contributed by atoms with E-state index < -0.39 is 0 Å². The lowest BCUT2D eigenvalue weighted by molar-refractivity contribution is 1.66. The molecule has 290 valence electrons. The third-order valence-corrected chi connectivity index (χ3v) is 19.4. The first-order valence-electron chi connectivity index (χ1n) is 20.6. The third-order valence-electron chi connectivity index (χ3n) is 12.4. The molecule has 0 spiro atoms. The van der Waals surface area contributed by atoms with Crippen LogP contribution in [0.4, 0.5) is 0 Å². The second-order valence-corrected chi connectivity index (χ2v) is 22.5. The molecular formula is C56H30S6. The summed E-state index contributed by atoms with van der Waals surface area (Å²) in [5.41, 5.74) is 7.62. The molecule has 0 saturated heterocycles. The molecule has 0 fully saturated rings. The normalized spacial score (nSPS) is 12.2. The average Bonchev–Trinajstić information content (AvgIpc) is 4.19. The average molecular weight is 895 g/mol. The van der Waals surface area contributed by atoms with Gasteiger partial charge in [0.2, 0.25) is 0 Å². The van der Waals surface area contributed by atoms with Crippen LogP contribution in [0.1, 0.15) is 0 Å². The molecule has 6 heterocycles. The highest BCUT2D eigenvalue weighted by Crippen LogP contribution is 2.47. The van der Waals surface area contributed by atoms with E-state index in [-0.39, 0.29) is 0 Å². The number of hydrogen-bond donors (Lipinski definition) is 0. The van der Waals surface area contributed by atoms with Crippen molar-refractivity contribution in [2.75, 3.05) is 0 Å². The maximum absolute atomic E-state index is 2.45. The van der Waals surface area contributed by atoms with Crippen molar-refractivity contribution in [1.29, 1.82) is 0 Å². The predicted octanol–water partition coefficient (Wildman–Crippen LogP) is 19.6. The standard InChI is InChI=1S/C56H30S6/c1-3-7-31(8-4-1)33-11-15-47-37(23-33)41-27-43-39-25-35(13-17-49(39)61-55(43)29-53(41)59-47)45-19-21-51(57-45)52-22-20-46(58-52)36-14-18-50-40(26-36)44-28-42-38-24-34(32-9-5-2-6-10-32)12-16-48(38)60-54(42)30-56(44)62-50/h1-30H. The summed E-state index contributed by atoms with van der Waals surface area (Å²) >= 11 is 11.4. The van der Waals surface area contributed by atoms with E-state index in [0.29, 0.717) is 0 Å². The van der Waals surface area contributed by atoms with Gasteiger partial charge in [0.1, 0.15) is 0 Å². The Kier molecular flexibility index (Phi) is 7.91. The molecule has 6 aromatic heterocycles.